The predicted molar refractivity (Wildman–Crippen MR) is 147 cm³/mol. The normalized spacial score (nSPS) is 11.2. The van der Waals surface area contributed by atoms with Crippen molar-refractivity contribution in [1.29, 1.82) is 0 Å². The van der Waals surface area contributed by atoms with Gasteiger partial charge in [-0.3, -0.25) is 4.79 Å². The molecule has 0 aliphatic rings. The molecule has 37 heavy (non-hydrogen) atoms. The standard InChI is InChI=1S/C28H24Cl2N2O4S/c29-22-12-17-26(30)27(20-22)37(34,35)31-18-7-19-32(28(33)21-8-3-1-4-9-21)23-13-15-25(16-14-23)36-24-10-5-2-6-11-24/h1-6,8-17,20,31H,7,18-19H2. The van der Waals surface area contributed by atoms with E-state index in [1.807, 2.05) is 36.4 Å². The van der Waals surface area contributed by atoms with Crippen molar-refractivity contribution in [3.8, 4) is 11.5 Å². The van der Waals surface area contributed by atoms with Crippen LogP contribution in [0, 0.1) is 0 Å². The Bertz CT molecular complexity index is 1450. The highest BCUT2D eigenvalue weighted by atomic mass is 35.5. The molecule has 0 bridgehead atoms. The second-order valence-electron chi connectivity index (χ2n) is 8.06. The number of para-hydroxylation sites is 1. The van der Waals surface area contributed by atoms with Gasteiger partial charge in [-0.2, -0.15) is 0 Å². The molecule has 0 fully saturated rings. The van der Waals surface area contributed by atoms with Gasteiger partial charge in [-0.1, -0.05) is 59.6 Å². The molecule has 4 rings (SSSR count). The number of hydrogen-bond donors (Lipinski definition) is 1. The zero-order valence-electron chi connectivity index (χ0n) is 19.7. The van der Waals surface area contributed by atoms with Crippen LogP contribution in [0.25, 0.3) is 0 Å². The predicted octanol–water partition coefficient (Wildman–Crippen LogP) is 6.80. The lowest BCUT2D eigenvalue weighted by atomic mass is 10.1. The molecule has 0 radical (unpaired) electrons. The molecule has 0 aliphatic carbocycles. The van der Waals surface area contributed by atoms with Crippen molar-refractivity contribution in [3.63, 3.8) is 0 Å². The molecule has 0 unspecified atom stereocenters. The van der Waals surface area contributed by atoms with E-state index in [2.05, 4.69) is 4.72 Å². The minimum Gasteiger partial charge on any atom is -0.457 e. The first-order chi connectivity index (χ1) is 17.8. The number of nitrogens with zero attached hydrogens (tertiary/aromatic N) is 1. The van der Waals surface area contributed by atoms with Gasteiger partial charge in [-0.25, -0.2) is 13.1 Å². The Morgan fingerprint density at radius 2 is 1.43 bits per heavy atom. The van der Waals surface area contributed by atoms with Crippen LogP contribution in [0.3, 0.4) is 0 Å². The molecular formula is C28H24Cl2N2O4S. The average molecular weight is 555 g/mol. The number of sulfonamides is 1. The lowest BCUT2D eigenvalue weighted by Crippen LogP contribution is -2.34. The van der Waals surface area contributed by atoms with Gasteiger partial charge in [0.05, 0.1) is 5.02 Å². The molecule has 190 valence electrons. The summed E-state index contributed by atoms with van der Waals surface area (Å²) < 4.78 is 33.8. The highest BCUT2D eigenvalue weighted by molar-refractivity contribution is 7.89. The van der Waals surface area contributed by atoms with Crippen molar-refractivity contribution in [2.45, 2.75) is 11.3 Å². The van der Waals surface area contributed by atoms with Crippen LogP contribution in [0.15, 0.2) is 108 Å². The lowest BCUT2D eigenvalue weighted by molar-refractivity contribution is 0.0986. The third-order valence-corrected chi connectivity index (χ3v) is 7.60. The molecule has 1 N–H and O–H groups in total. The van der Waals surface area contributed by atoms with E-state index in [9.17, 15) is 13.2 Å². The molecule has 0 saturated heterocycles. The van der Waals surface area contributed by atoms with Gasteiger partial charge in [0.25, 0.3) is 5.91 Å². The molecule has 0 aromatic heterocycles. The van der Waals surface area contributed by atoms with Crippen molar-refractivity contribution in [1.82, 2.24) is 4.72 Å². The first kappa shape index (κ1) is 26.7. The summed E-state index contributed by atoms with van der Waals surface area (Å²) in [5.74, 6) is 1.14. The molecule has 0 heterocycles. The quantitative estimate of drug-likeness (QED) is 0.219. The number of benzene rings is 4. The van der Waals surface area contributed by atoms with E-state index in [1.54, 1.807) is 53.4 Å². The van der Waals surface area contributed by atoms with Crippen molar-refractivity contribution in [3.05, 3.63) is 119 Å². The summed E-state index contributed by atoms with van der Waals surface area (Å²) >= 11 is 12.0. The minimum absolute atomic E-state index is 0.0793. The van der Waals surface area contributed by atoms with Crippen LogP contribution in [0.5, 0.6) is 11.5 Å². The fraction of sp³-hybridized carbons (Fsp3) is 0.107. The van der Waals surface area contributed by atoms with Gasteiger partial charge in [0.15, 0.2) is 0 Å². The Morgan fingerprint density at radius 3 is 2.11 bits per heavy atom. The lowest BCUT2D eigenvalue weighted by Gasteiger charge is -2.23. The molecule has 0 saturated carbocycles. The second kappa shape index (κ2) is 12.3. The summed E-state index contributed by atoms with van der Waals surface area (Å²) in [6.07, 6.45) is 0.359. The number of carbonyl (C=O) groups excluding carboxylic acids is 1. The van der Waals surface area contributed by atoms with E-state index >= 15 is 0 Å². The van der Waals surface area contributed by atoms with Gasteiger partial charge in [0.2, 0.25) is 10.0 Å². The summed E-state index contributed by atoms with van der Waals surface area (Å²) in [6, 6.07) is 29.8. The summed E-state index contributed by atoms with van der Waals surface area (Å²) in [6.45, 7) is 0.372. The SMILES string of the molecule is O=C(c1ccccc1)N(CCCNS(=O)(=O)c1cc(Cl)ccc1Cl)c1ccc(Oc2ccccc2)cc1. The van der Waals surface area contributed by atoms with E-state index in [-0.39, 0.29) is 33.9 Å². The monoisotopic (exact) mass is 554 g/mol. The van der Waals surface area contributed by atoms with Crippen molar-refractivity contribution < 1.29 is 17.9 Å². The Kier molecular flexibility index (Phi) is 8.84. The fourth-order valence-corrected chi connectivity index (χ4v) is 5.44. The van der Waals surface area contributed by atoms with Crippen molar-refractivity contribution in [2.24, 2.45) is 0 Å². The topological polar surface area (TPSA) is 75.7 Å². The Morgan fingerprint density at radius 1 is 0.811 bits per heavy atom. The number of nitrogens with one attached hydrogen (secondary N) is 1. The van der Waals surface area contributed by atoms with E-state index < -0.39 is 10.0 Å². The number of amides is 1. The van der Waals surface area contributed by atoms with E-state index in [1.165, 1.54) is 18.2 Å². The van der Waals surface area contributed by atoms with Crippen molar-refractivity contribution in [2.75, 3.05) is 18.0 Å². The number of hydrogen-bond acceptors (Lipinski definition) is 4. The first-order valence-electron chi connectivity index (χ1n) is 11.5. The first-order valence-corrected chi connectivity index (χ1v) is 13.7. The maximum atomic E-state index is 13.3. The molecular weight excluding hydrogens is 531 g/mol. The third-order valence-electron chi connectivity index (χ3n) is 5.43. The number of carbonyl (C=O) groups is 1. The van der Waals surface area contributed by atoms with E-state index in [4.69, 9.17) is 27.9 Å². The second-order valence-corrected chi connectivity index (χ2v) is 10.6. The van der Waals surface area contributed by atoms with Gasteiger partial charge in [-0.15, -0.1) is 0 Å². The smallest absolute Gasteiger partial charge is 0.258 e. The molecule has 0 aliphatic heterocycles. The van der Waals surface area contributed by atoms with Crippen LogP contribution in [0.2, 0.25) is 10.0 Å². The van der Waals surface area contributed by atoms with Gasteiger partial charge in [0.1, 0.15) is 16.4 Å². The molecule has 1 amide bonds. The summed E-state index contributed by atoms with van der Waals surface area (Å²) in [5, 5.41) is 0.347. The third kappa shape index (κ3) is 7.11. The number of anilines is 1. The van der Waals surface area contributed by atoms with Gasteiger partial charge < -0.3 is 9.64 Å². The Balaban J connectivity index is 1.47. The van der Waals surface area contributed by atoms with E-state index in [0.717, 1.165) is 0 Å². The highest BCUT2D eigenvalue weighted by Crippen LogP contribution is 2.26. The average Bonchev–Trinajstić information content (AvgIpc) is 2.91. The summed E-state index contributed by atoms with van der Waals surface area (Å²) in [5.41, 5.74) is 1.19. The molecule has 4 aromatic carbocycles. The minimum atomic E-state index is -3.87. The number of halogens is 2. The van der Waals surface area contributed by atoms with Gasteiger partial charge in [-0.05, 0) is 73.2 Å². The highest BCUT2D eigenvalue weighted by Gasteiger charge is 2.20. The van der Waals surface area contributed by atoms with Crippen LogP contribution >= 0.6 is 23.2 Å². The fourth-order valence-electron chi connectivity index (χ4n) is 3.61. The van der Waals surface area contributed by atoms with Crippen LogP contribution in [-0.2, 0) is 10.0 Å². The van der Waals surface area contributed by atoms with Crippen LogP contribution in [0.4, 0.5) is 5.69 Å². The number of ether oxygens (including phenoxy) is 1. The van der Waals surface area contributed by atoms with Gasteiger partial charge >= 0.3 is 0 Å². The van der Waals surface area contributed by atoms with Gasteiger partial charge in [0, 0.05) is 29.4 Å². The van der Waals surface area contributed by atoms with Crippen LogP contribution in [0.1, 0.15) is 16.8 Å². The Labute approximate surface area is 226 Å². The maximum absolute atomic E-state index is 13.3. The van der Waals surface area contributed by atoms with Crippen molar-refractivity contribution >= 4 is 44.8 Å². The molecule has 9 heteroatoms. The number of rotatable bonds is 10. The Hall–Kier alpha value is -3.36. The maximum Gasteiger partial charge on any atom is 0.258 e. The zero-order chi connectivity index (χ0) is 26.3. The van der Waals surface area contributed by atoms with Crippen LogP contribution in [-0.4, -0.2) is 27.4 Å². The van der Waals surface area contributed by atoms with E-state index in [0.29, 0.717) is 29.2 Å². The molecule has 0 atom stereocenters. The summed E-state index contributed by atoms with van der Waals surface area (Å²) in [4.78, 5) is 14.9. The molecule has 4 aromatic rings. The molecule has 6 nitrogen and oxygen atoms in total. The molecule has 0 spiro atoms. The largest absolute Gasteiger partial charge is 0.457 e. The zero-order valence-corrected chi connectivity index (χ0v) is 22.0. The van der Waals surface area contributed by atoms with Crippen LogP contribution < -0.4 is 14.4 Å². The summed E-state index contributed by atoms with van der Waals surface area (Å²) in [7, 11) is -3.87.